The zero-order chi connectivity index (χ0) is 15.6. The molecule has 0 radical (unpaired) electrons. The molecule has 3 aromatic rings. The van der Waals surface area contributed by atoms with Crippen molar-refractivity contribution < 1.29 is 4.39 Å². The van der Waals surface area contributed by atoms with Crippen LogP contribution < -0.4 is 5.32 Å². The second kappa shape index (κ2) is 5.97. The lowest BCUT2D eigenvalue weighted by Gasteiger charge is -2.15. The van der Waals surface area contributed by atoms with E-state index in [4.69, 9.17) is 0 Å². The van der Waals surface area contributed by atoms with Crippen LogP contribution in [-0.4, -0.2) is 22.9 Å². The normalized spacial score (nSPS) is 17.5. The summed E-state index contributed by atoms with van der Waals surface area (Å²) in [5.74, 6) is 0.200. The molecule has 3 nitrogen and oxygen atoms in total. The summed E-state index contributed by atoms with van der Waals surface area (Å²) in [5, 5.41) is 8.05. The molecule has 0 aliphatic carbocycles. The summed E-state index contributed by atoms with van der Waals surface area (Å²) in [7, 11) is 0. The van der Waals surface area contributed by atoms with Gasteiger partial charge in [-0.2, -0.15) is 5.10 Å². The minimum Gasteiger partial charge on any atom is -0.316 e. The summed E-state index contributed by atoms with van der Waals surface area (Å²) >= 11 is 0. The number of aromatic nitrogens is 2. The zero-order valence-electron chi connectivity index (χ0n) is 12.7. The smallest absolute Gasteiger partial charge is 0.123 e. The molecule has 116 valence electrons. The molecule has 23 heavy (non-hydrogen) atoms. The van der Waals surface area contributed by atoms with Crippen LogP contribution in [0.15, 0.2) is 60.8 Å². The van der Waals surface area contributed by atoms with Crippen LogP contribution in [0.25, 0.3) is 16.8 Å². The van der Waals surface area contributed by atoms with Crippen molar-refractivity contribution in [1.82, 2.24) is 15.1 Å². The second-order valence-electron chi connectivity index (χ2n) is 5.89. The lowest BCUT2D eigenvalue weighted by atomic mass is 9.96. The Kier molecular flexibility index (Phi) is 3.67. The first-order chi connectivity index (χ1) is 11.3. The van der Waals surface area contributed by atoms with E-state index in [1.165, 1.54) is 17.8 Å². The Balaban J connectivity index is 1.86. The number of rotatable bonds is 3. The van der Waals surface area contributed by atoms with E-state index in [1.54, 1.807) is 0 Å². The molecular weight excluding hydrogens is 289 g/mol. The molecule has 1 unspecified atom stereocenters. The van der Waals surface area contributed by atoms with Gasteiger partial charge in [0, 0.05) is 18.0 Å². The van der Waals surface area contributed by atoms with E-state index < -0.39 is 0 Å². The highest BCUT2D eigenvalue weighted by Crippen LogP contribution is 2.34. The molecule has 1 aliphatic rings. The quantitative estimate of drug-likeness (QED) is 0.798. The number of nitrogens with zero attached hydrogens (tertiary/aromatic N) is 2. The van der Waals surface area contributed by atoms with Gasteiger partial charge in [0.05, 0.1) is 17.6 Å². The molecule has 0 amide bonds. The van der Waals surface area contributed by atoms with Gasteiger partial charge in [-0.05, 0) is 42.8 Å². The average Bonchev–Trinajstić information content (AvgIpc) is 3.25. The van der Waals surface area contributed by atoms with Crippen LogP contribution in [0.3, 0.4) is 0 Å². The van der Waals surface area contributed by atoms with Crippen molar-refractivity contribution in [2.75, 3.05) is 13.1 Å². The van der Waals surface area contributed by atoms with Crippen LogP contribution >= 0.6 is 0 Å². The van der Waals surface area contributed by atoms with Gasteiger partial charge < -0.3 is 5.32 Å². The molecule has 1 atom stereocenters. The van der Waals surface area contributed by atoms with Crippen LogP contribution in [0.2, 0.25) is 0 Å². The minimum absolute atomic E-state index is 0.215. The summed E-state index contributed by atoms with van der Waals surface area (Å²) in [6.45, 7) is 1.97. The third-order valence-electron chi connectivity index (χ3n) is 4.41. The maximum Gasteiger partial charge on any atom is 0.123 e. The third kappa shape index (κ3) is 2.66. The number of nitrogens with one attached hydrogen (secondary N) is 1. The van der Waals surface area contributed by atoms with Crippen LogP contribution in [0.4, 0.5) is 4.39 Å². The number of halogens is 1. The predicted octanol–water partition coefficient (Wildman–Crippen LogP) is 3.76. The number of benzene rings is 2. The molecule has 0 bridgehead atoms. The predicted molar refractivity (Wildman–Crippen MR) is 89.2 cm³/mol. The number of hydrogen-bond donors (Lipinski definition) is 1. The summed E-state index contributed by atoms with van der Waals surface area (Å²) in [6.07, 6.45) is 2.99. The highest BCUT2D eigenvalue weighted by molar-refractivity contribution is 5.67. The molecule has 4 rings (SSSR count). The summed E-state index contributed by atoms with van der Waals surface area (Å²) in [6, 6.07) is 16.8. The largest absolute Gasteiger partial charge is 0.316 e. The monoisotopic (exact) mass is 307 g/mol. The topological polar surface area (TPSA) is 29.9 Å². The van der Waals surface area contributed by atoms with Crippen molar-refractivity contribution in [3.63, 3.8) is 0 Å². The van der Waals surface area contributed by atoms with Crippen molar-refractivity contribution in [2.45, 2.75) is 12.3 Å². The Morgan fingerprint density at radius 2 is 1.83 bits per heavy atom. The van der Waals surface area contributed by atoms with Gasteiger partial charge in [-0.25, -0.2) is 9.07 Å². The standard InChI is InChI=1S/C19H18FN3/c20-16-8-6-14(7-9-16)18-13-22-23(17-4-2-1-3-5-17)19(18)15-10-11-21-12-15/h1-9,13,15,21H,10-12H2. The maximum absolute atomic E-state index is 13.2. The van der Waals surface area contributed by atoms with E-state index in [0.717, 1.165) is 36.3 Å². The van der Waals surface area contributed by atoms with Gasteiger partial charge in [0.1, 0.15) is 5.82 Å². The molecule has 1 aliphatic heterocycles. The highest BCUT2D eigenvalue weighted by Gasteiger charge is 2.25. The molecule has 2 heterocycles. The van der Waals surface area contributed by atoms with E-state index in [2.05, 4.69) is 22.5 Å². The Morgan fingerprint density at radius 3 is 2.52 bits per heavy atom. The highest BCUT2D eigenvalue weighted by atomic mass is 19.1. The van der Waals surface area contributed by atoms with E-state index in [0.29, 0.717) is 5.92 Å². The number of hydrogen-bond acceptors (Lipinski definition) is 2. The Hall–Kier alpha value is -2.46. The first kappa shape index (κ1) is 14.2. The van der Waals surface area contributed by atoms with Crippen LogP contribution in [0.5, 0.6) is 0 Å². The average molecular weight is 307 g/mol. The second-order valence-corrected chi connectivity index (χ2v) is 5.89. The van der Waals surface area contributed by atoms with Crippen molar-refractivity contribution in [3.05, 3.63) is 72.3 Å². The molecule has 1 saturated heterocycles. The first-order valence-corrected chi connectivity index (χ1v) is 7.93. The van der Waals surface area contributed by atoms with Crippen molar-refractivity contribution in [3.8, 4) is 16.8 Å². The van der Waals surface area contributed by atoms with Crippen LogP contribution in [0, 0.1) is 5.82 Å². The Bertz CT molecular complexity index is 787. The summed E-state index contributed by atoms with van der Waals surface area (Å²) < 4.78 is 15.3. The lowest BCUT2D eigenvalue weighted by molar-refractivity contribution is 0.628. The third-order valence-corrected chi connectivity index (χ3v) is 4.41. The Morgan fingerprint density at radius 1 is 1.04 bits per heavy atom. The number of para-hydroxylation sites is 1. The summed E-state index contributed by atoms with van der Waals surface area (Å²) in [5.41, 5.74) is 4.36. The Labute approximate surface area is 134 Å². The fraction of sp³-hybridized carbons (Fsp3) is 0.211. The molecule has 1 N–H and O–H groups in total. The van der Waals surface area contributed by atoms with Gasteiger partial charge in [-0.1, -0.05) is 30.3 Å². The van der Waals surface area contributed by atoms with Crippen LogP contribution in [-0.2, 0) is 0 Å². The van der Waals surface area contributed by atoms with Crippen LogP contribution in [0.1, 0.15) is 18.0 Å². The molecule has 4 heteroatoms. The molecule has 1 fully saturated rings. The van der Waals surface area contributed by atoms with Gasteiger partial charge in [0.25, 0.3) is 0 Å². The SMILES string of the molecule is Fc1ccc(-c2cnn(-c3ccccc3)c2C2CCNC2)cc1. The summed E-state index contributed by atoms with van der Waals surface area (Å²) in [4.78, 5) is 0. The lowest BCUT2D eigenvalue weighted by Crippen LogP contribution is -2.12. The van der Waals surface area contributed by atoms with E-state index in [1.807, 2.05) is 41.2 Å². The molecule has 1 aromatic heterocycles. The van der Waals surface area contributed by atoms with Gasteiger partial charge in [0.2, 0.25) is 0 Å². The fourth-order valence-electron chi connectivity index (χ4n) is 3.27. The van der Waals surface area contributed by atoms with Crippen molar-refractivity contribution >= 4 is 0 Å². The van der Waals surface area contributed by atoms with Gasteiger partial charge in [-0.15, -0.1) is 0 Å². The molecule has 0 saturated carbocycles. The van der Waals surface area contributed by atoms with Crippen molar-refractivity contribution in [1.29, 1.82) is 0 Å². The molecule has 0 spiro atoms. The van der Waals surface area contributed by atoms with E-state index in [-0.39, 0.29) is 5.82 Å². The first-order valence-electron chi connectivity index (χ1n) is 7.93. The van der Waals surface area contributed by atoms with E-state index in [9.17, 15) is 4.39 Å². The fourth-order valence-corrected chi connectivity index (χ4v) is 3.27. The minimum atomic E-state index is -0.215. The zero-order valence-corrected chi connectivity index (χ0v) is 12.7. The van der Waals surface area contributed by atoms with Gasteiger partial charge >= 0.3 is 0 Å². The molecule has 2 aromatic carbocycles. The van der Waals surface area contributed by atoms with Crippen molar-refractivity contribution in [2.24, 2.45) is 0 Å². The maximum atomic E-state index is 13.2. The van der Waals surface area contributed by atoms with Gasteiger partial charge in [-0.3, -0.25) is 0 Å². The van der Waals surface area contributed by atoms with E-state index >= 15 is 0 Å². The molecular formula is C19H18FN3. The van der Waals surface area contributed by atoms with Gasteiger partial charge in [0.15, 0.2) is 0 Å².